The van der Waals surface area contributed by atoms with Crippen LogP contribution < -0.4 is 4.74 Å². The summed E-state index contributed by atoms with van der Waals surface area (Å²) in [7, 11) is 0. The van der Waals surface area contributed by atoms with Crippen LogP contribution in [0.3, 0.4) is 0 Å². The lowest BCUT2D eigenvalue weighted by Gasteiger charge is -2.12. The van der Waals surface area contributed by atoms with Crippen LogP contribution in [0.15, 0.2) is 18.2 Å². The van der Waals surface area contributed by atoms with Crippen LogP contribution in [-0.2, 0) is 17.7 Å². The molecule has 8 heteroatoms. The largest absolute Gasteiger partial charge is 0.434 e. The molecular weight excluding hydrogens is 287 g/mol. The smallest absolute Gasteiger partial charge is 0.387 e. The Labute approximate surface area is 118 Å². The van der Waals surface area contributed by atoms with Crippen molar-refractivity contribution in [1.29, 1.82) is 0 Å². The highest BCUT2D eigenvalue weighted by molar-refractivity contribution is 5.64. The zero-order valence-corrected chi connectivity index (χ0v) is 10.9. The second-order valence-electron chi connectivity index (χ2n) is 4.47. The van der Waals surface area contributed by atoms with Crippen molar-refractivity contribution in [3.8, 4) is 17.1 Å². The molecule has 2 heterocycles. The van der Waals surface area contributed by atoms with Crippen LogP contribution in [-0.4, -0.2) is 34.6 Å². The molecule has 0 saturated carbocycles. The lowest BCUT2D eigenvalue weighted by molar-refractivity contribution is -0.0495. The molecular formula is C13H12F3N3O2. The average Bonchev–Trinajstić information content (AvgIpc) is 2.69. The number of halogens is 3. The molecule has 0 unspecified atom stereocenters. The zero-order chi connectivity index (χ0) is 14.8. The third-order valence-electron chi connectivity index (χ3n) is 3.16. The second-order valence-corrected chi connectivity index (χ2v) is 4.47. The molecule has 1 aliphatic rings. The maximum atomic E-state index is 13.5. The molecule has 5 nitrogen and oxygen atoms in total. The molecule has 0 aliphatic carbocycles. The molecule has 0 atom stereocenters. The van der Waals surface area contributed by atoms with Crippen LogP contribution >= 0.6 is 0 Å². The van der Waals surface area contributed by atoms with Crippen molar-refractivity contribution in [2.24, 2.45) is 0 Å². The Kier molecular flexibility index (Phi) is 3.78. The highest BCUT2D eigenvalue weighted by Crippen LogP contribution is 2.31. The SMILES string of the molecule is Fc1ccc(OC(F)F)c(-c2nnc3n2CCOCC3)c1. The number of fused-ring (bicyclic) bond motifs is 1. The number of benzene rings is 1. The first kappa shape index (κ1) is 13.9. The molecule has 0 radical (unpaired) electrons. The van der Waals surface area contributed by atoms with Crippen molar-refractivity contribution in [3.05, 3.63) is 29.8 Å². The summed E-state index contributed by atoms with van der Waals surface area (Å²) in [5, 5.41) is 8.00. The van der Waals surface area contributed by atoms with Crippen molar-refractivity contribution in [2.75, 3.05) is 13.2 Å². The lowest BCUT2D eigenvalue weighted by Crippen LogP contribution is -2.08. The Morgan fingerprint density at radius 3 is 2.90 bits per heavy atom. The van der Waals surface area contributed by atoms with Crippen LogP contribution in [0, 0.1) is 5.82 Å². The number of nitrogens with zero attached hydrogens (tertiary/aromatic N) is 3. The minimum atomic E-state index is -3.00. The van der Waals surface area contributed by atoms with E-state index in [9.17, 15) is 13.2 Å². The van der Waals surface area contributed by atoms with Gasteiger partial charge in [0.1, 0.15) is 17.4 Å². The Morgan fingerprint density at radius 1 is 1.24 bits per heavy atom. The van der Waals surface area contributed by atoms with E-state index in [1.807, 2.05) is 0 Å². The Hall–Kier alpha value is -2.09. The van der Waals surface area contributed by atoms with Gasteiger partial charge < -0.3 is 14.0 Å². The molecule has 21 heavy (non-hydrogen) atoms. The summed E-state index contributed by atoms with van der Waals surface area (Å²) >= 11 is 0. The molecule has 0 bridgehead atoms. The molecule has 0 saturated heterocycles. The Balaban J connectivity index is 2.07. The summed E-state index contributed by atoms with van der Waals surface area (Å²) < 4.78 is 49.9. The lowest BCUT2D eigenvalue weighted by atomic mass is 10.1. The first-order valence-corrected chi connectivity index (χ1v) is 6.39. The molecule has 1 aromatic heterocycles. The van der Waals surface area contributed by atoms with Gasteiger partial charge in [0.05, 0.1) is 18.8 Å². The minimum Gasteiger partial charge on any atom is -0.434 e. The number of hydrogen-bond donors (Lipinski definition) is 0. The summed E-state index contributed by atoms with van der Waals surface area (Å²) in [6.07, 6.45) is 0.563. The first-order chi connectivity index (χ1) is 10.1. The fraction of sp³-hybridized carbons (Fsp3) is 0.385. The normalized spacial score (nSPS) is 14.9. The molecule has 1 aromatic carbocycles. The van der Waals surface area contributed by atoms with Crippen LogP contribution in [0.4, 0.5) is 13.2 Å². The van der Waals surface area contributed by atoms with Gasteiger partial charge in [0.15, 0.2) is 5.82 Å². The Bertz CT molecular complexity index is 646. The molecule has 112 valence electrons. The van der Waals surface area contributed by atoms with E-state index in [1.165, 1.54) is 0 Å². The zero-order valence-electron chi connectivity index (χ0n) is 10.9. The molecule has 0 fully saturated rings. The third kappa shape index (κ3) is 2.85. The number of hydrogen-bond acceptors (Lipinski definition) is 4. The molecule has 1 aliphatic heterocycles. The van der Waals surface area contributed by atoms with Gasteiger partial charge in [0.25, 0.3) is 0 Å². The summed E-state index contributed by atoms with van der Waals surface area (Å²) in [5.74, 6) is 0.279. The van der Waals surface area contributed by atoms with E-state index in [0.29, 0.717) is 37.8 Å². The van der Waals surface area contributed by atoms with E-state index in [4.69, 9.17) is 4.74 Å². The summed E-state index contributed by atoms with van der Waals surface area (Å²) in [5.41, 5.74) is 0.149. The second kappa shape index (κ2) is 5.72. The predicted molar refractivity (Wildman–Crippen MR) is 66.6 cm³/mol. The highest BCUT2D eigenvalue weighted by Gasteiger charge is 2.21. The van der Waals surface area contributed by atoms with Crippen molar-refractivity contribution in [2.45, 2.75) is 19.6 Å². The molecule has 0 N–H and O–H groups in total. The van der Waals surface area contributed by atoms with E-state index < -0.39 is 12.4 Å². The van der Waals surface area contributed by atoms with Gasteiger partial charge in [-0.15, -0.1) is 10.2 Å². The van der Waals surface area contributed by atoms with E-state index in [1.54, 1.807) is 4.57 Å². The van der Waals surface area contributed by atoms with Crippen LogP contribution in [0.2, 0.25) is 0 Å². The van der Waals surface area contributed by atoms with Gasteiger partial charge in [0.2, 0.25) is 0 Å². The van der Waals surface area contributed by atoms with Gasteiger partial charge in [-0.3, -0.25) is 0 Å². The van der Waals surface area contributed by atoms with E-state index >= 15 is 0 Å². The maximum Gasteiger partial charge on any atom is 0.387 e. The maximum absolute atomic E-state index is 13.5. The standard InChI is InChI=1S/C13H12F3N3O2/c14-8-1-2-10(21-13(15)16)9(7-8)12-18-17-11-3-5-20-6-4-19(11)12/h1-2,7,13H,3-6H2. The molecule has 0 spiro atoms. The van der Waals surface area contributed by atoms with Crippen LogP contribution in [0.5, 0.6) is 5.75 Å². The van der Waals surface area contributed by atoms with Gasteiger partial charge in [0, 0.05) is 13.0 Å². The van der Waals surface area contributed by atoms with Crippen molar-refractivity contribution in [3.63, 3.8) is 0 Å². The third-order valence-corrected chi connectivity index (χ3v) is 3.16. The Morgan fingerprint density at radius 2 is 2.10 bits per heavy atom. The predicted octanol–water partition coefficient (Wildman–Crippen LogP) is 2.26. The quantitative estimate of drug-likeness (QED) is 0.872. The van der Waals surface area contributed by atoms with Crippen molar-refractivity contribution >= 4 is 0 Å². The topological polar surface area (TPSA) is 49.2 Å². The monoisotopic (exact) mass is 299 g/mol. The fourth-order valence-electron chi connectivity index (χ4n) is 2.25. The number of rotatable bonds is 3. The highest BCUT2D eigenvalue weighted by atomic mass is 19.3. The fourth-order valence-corrected chi connectivity index (χ4v) is 2.25. The molecule has 2 aromatic rings. The van der Waals surface area contributed by atoms with Gasteiger partial charge >= 0.3 is 6.61 Å². The van der Waals surface area contributed by atoms with Gasteiger partial charge in [-0.25, -0.2) is 4.39 Å². The number of aromatic nitrogens is 3. The van der Waals surface area contributed by atoms with Crippen molar-refractivity contribution in [1.82, 2.24) is 14.8 Å². The van der Waals surface area contributed by atoms with Crippen LogP contribution in [0.25, 0.3) is 11.4 Å². The average molecular weight is 299 g/mol. The summed E-state index contributed by atoms with van der Waals surface area (Å²) in [6.45, 7) is -1.55. The van der Waals surface area contributed by atoms with Crippen molar-refractivity contribution < 1.29 is 22.6 Å². The van der Waals surface area contributed by atoms with Gasteiger partial charge in [-0.1, -0.05) is 0 Å². The molecule has 3 rings (SSSR count). The summed E-state index contributed by atoms with van der Waals surface area (Å²) in [6, 6.07) is 3.33. The minimum absolute atomic E-state index is 0.133. The van der Waals surface area contributed by atoms with Gasteiger partial charge in [-0.05, 0) is 18.2 Å². The molecule has 0 amide bonds. The van der Waals surface area contributed by atoms with Crippen LogP contribution in [0.1, 0.15) is 5.82 Å². The van der Waals surface area contributed by atoms with E-state index in [0.717, 1.165) is 18.2 Å². The first-order valence-electron chi connectivity index (χ1n) is 6.39. The number of ether oxygens (including phenoxy) is 2. The van der Waals surface area contributed by atoms with Gasteiger partial charge in [-0.2, -0.15) is 8.78 Å². The summed E-state index contributed by atoms with van der Waals surface area (Å²) in [4.78, 5) is 0. The van der Waals surface area contributed by atoms with E-state index in [-0.39, 0.29) is 11.3 Å². The number of alkyl halides is 2. The van der Waals surface area contributed by atoms with E-state index in [2.05, 4.69) is 14.9 Å².